The number of aromatic nitrogens is 1. The molecular weight excluding hydrogens is 188 g/mol. The van der Waals surface area contributed by atoms with Gasteiger partial charge in [-0.3, -0.25) is 4.98 Å². The molecule has 0 radical (unpaired) electrons. The number of pyridine rings is 1. The second kappa shape index (κ2) is 3.52. The number of nitrogens with zero attached hydrogens (tertiary/aromatic N) is 1. The molecule has 2 unspecified atom stereocenters. The molecule has 0 amide bonds. The van der Waals surface area contributed by atoms with Gasteiger partial charge in [-0.05, 0) is 18.9 Å². The van der Waals surface area contributed by atoms with Crippen molar-refractivity contribution in [3.05, 3.63) is 23.5 Å². The summed E-state index contributed by atoms with van der Waals surface area (Å²) >= 11 is 5.89. The second-order valence-corrected chi connectivity index (χ2v) is 3.66. The molecule has 2 rings (SSSR count). The van der Waals surface area contributed by atoms with Crippen LogP contribution in [0.2, 0.25) is 5.02 Å². The minimum absolute atomic E-state index is 0.153. The number of nitrogens with one attached hydrogen (secondary N) is 1. The highest BCUT2D eigenvalue weighted by Crippen LogP contribution is 2.27. The van der Waals surface area contributed by atoms with Crippen LogP contribution in [0.15, 0.2) is 18.5 Å². The Hall–Kier alpha value is -0.800. The molecule has 0 saturated heterocycles. The Labute approximate surface area is 81.8 Å². The molecule has 1 saturated carbocycles. The lowest BCUT2D eigenvalue weighted by atomic mass is 9.89. The van der Waals surface area contributed by atoms with Crippen LogP contribution in [-0.4, -0.2) is 22.2 Å². The molecule has 2 N–H and O–H groups in total. The minimum atomic E-state index is -0.232. The van der Waals surface area contributed by atoms with Crippen molar-refractivity contribution < 1.29 is 5.11 Å². The Morgan fingerprint density at radius 2 is 2.38 bits per heavy atom. The molecule has 0 aromatic carbocycles. The van der Waals surface area contributed by atoms with Crippen LogP contribution in [0.1, 0.15) is 12.8 Å². The van der Waals surface area contributed by atoms with Crippen LogP contribution < -0.4 is 5.32 Å². The highest BCUT2D eigenvalue weighted by molar-refractivity contribution is 6.33. The molecule has 3 nitrogen and oxygen atoms in total. The molecule has 1 aliphatic carbocycles. The summed E-state index contributed by atoms with van der Waals surface area (Å²) in [5.74, 6) is 0. The Kier molecular flexibility index (Phi) is 2.38. The van der Waals surface area contributed by atoms with E-state index in [4.69, 9.17) is 11.6 Å². The van der Waals surface area contributed by atoms with E-state index in [1.807, 2.05) is 6.07 Å². The topological polar surface area (TPSA) is 45.1 Å². The van der Waals surface area contributed by atoms with Gasteiger partial charge in [-0.15, -0.1) is 0 Å². The van der Waals surface area contributed by atoms with Gasteiger partial charge in [0.05, 0.1) is 22.9 Å². The van der Waals surface area contributed by atoms with Gasteiger partial charge < -0.3 is 10.4 Å². The SMILES string of the molecule is OC1CCC1Nc1ccncc1Cl. The van der Waals surface area contributed by atoms with E-state index >= 15 is 0 Å². The predicted octanol–water partition coefficient (Wildman–Crippen LogP) is 1.67. The normalized spacial score (nSPS) is 26.6. The number of hydrogen-bond donors (Lipinski definition) is 2. The lowest BCUT2D eigenvalue weighted by Crippen LogP contribution is -2.42. The van der Waals surface area contributed by atoms with Gasteiger partial charge in [-0.2, -0.15) is 0 Å². The average Bonchev–Trinajstić information content (AvgIpc) is 2.14. The minimum Gasteiger partial charge on any atom is -0.391 e. The number of anilines is 1. The zero-order valence-corrected chi connectivity index (χ0v) is 7.83. The maximum Gasteiger partial charge on any atom is 0.0820 e. The Balaban J connectivity index is 2.05. The average molecular weight is 199 g/mol. The van der Waals surface area contributed by atoms with Crippen LogP contribution in [0.4, 0.5) is 5.69 Å². The van der Waals surface area contributed by atoms with Crippen molar-refractivity contribution in [3.63, 3.8) is 0 Å². The Bertz CT molecular complexity index is 305. The standard InChI is InChI=1S/C9H11ClN2O/c10-6-5-11-4-3-7(6)12-8-1-2-9(8)13/h3-5,8-9,13H,1-2H2,(H,11,12). The van der Waals surface area contributed by atoms with E-state index in [0.717, 1.165) is 18.5 Å². The lowest BCUT2D eigenvalue weighted by molar-refractivity contribution is 0.0786. The third-order valence-electron chi connectivity index (χ3n) is 2.35. The van der Waals surface area contributed by atoms with Crippen LogP contribution in [0.3, 0.4) is 0 Å². The second-order valence-electron chi connectivity index (χ2n) is 3.25. The van der Waals surface area contributed by atoms with E-state index in [0.29, 0.717) is 5.02 Å². The van der Waals surface area contributed by atoms with Gasteiger partial charge in [0.2, 0.25) is 0 Å². The molecule has 1 fully saturated rings. The maximum absolute atomic E-state index is 9.34. The van der Waals surface area contributed by atoms with Crippen LogP contribution in [0, 0.1) is 0 Å². The van der Waals surface area contributed by atoms with E-state index < -0.39 is 0 Å². The fourth-order valence-corrected chi connectivity index (χ4v) is 1.52. The van der Waals surface area contributed by atoms with Crippen molar-refractivity contribution in [3.8, 4) is 0 Å². The van der Waals surface area contributed by atoms with Crippen molar-refractivity contribution in [2.24, 2.45) is 0 Å². The third kappa shape index (κ3) is 1.76. The van der Waals surface area contributed by atoms with Crippen LogP contribution in [0.25, 0.3) is 0 Å². The van der Waals surface area contributed by atoms with Gasteiger partial charge in [0.15, 0.2) is 0 Å². The lowest BCUT2D eigenvalue weighted by Gasteiger charge is -2.33. The number of rotatable bonds is 2. The highest BCUT2D eigenvalue weighted by atomic mass is 35.5. The summed E-state index contributed by atoms with van der Waals surface area (Å²) in [7, 11) is 0. The van der Waals surface area contributed by atoms with E-state index in [2.05, 4.69) is 10.3 Å². The third-order valence-corrected chi connectivity index (χ3v) is 2.65. The zero-order valence-electron chi connectivity index (χ0n) is 7.07. The molecule has 0 spiro atoms. The molecule has 2 atom stereocenters. The molecule has 1 aliphatic rings. The van der Waals surface area contributed by atoms with E-state index in [1.165, 1.54) is 0 Å². The quantitative estimate of drug-likeness (QED) is 0.760. The van der Waals surface area contributed by atoms with E-state index in [-0.39, 0.29) is 12.1 Å². The van der Waals surface area contributed by atoms with Crippen molar-refractivity contribution in [1.82, 2.24) is 4.98 Å². The number of halogens is 1. The van der Waals surface area contributed by atoms with E-state index in [1.54, 1.807) is 12.4 Å². The molecule has 13 heavy (non-hydrogen) atoms. The van der Waals surface area contributed by atoms with Gasteiger partial charge >= 0.3 is 0 Å². The first-order valence-corrected chi connectivity index (χ1v) is 4.69. The van der Waals surface area contributed by atoms with Gasteiger partial charge in [0, 0.05) is 12.4 Å². The van der Waals surface area contributed by atoms with Crippen LogP contribution in [0.5, 0.6) is 0 Å². The number of aliphatic hydroxyl groups excluding tert-OH is 1. The summed E-state index contributed by atoms with van der Waals surface area (Å²) in [6, 6.07) is 1.97. The maximum atomic E-state index is 9.34. The smallest absolute Gasteiger partial charge is 0.0820 e. The van der Waals surface area contributed by atoms with Gasteiger partial charge in [-0.25, -0.2) is 0 Å². The summed E-state index contributed by atoms with van der Waals surface area (Å²) < 4.78 is 0. The van der Waals surface area contributed by atoms with E-state index in [9.17, 15) is 5.11 Å². The first kappa shape index (κ1) is 8.78. The predicted molar refractivity (Wildman–Crippen MR) is 51.9 cm³/mol. The Morgan fingerprint density at radius 1 is 1.54 bits per heavy atom. The summed E-state index contributed by atoms with van der Waals surface area (Å²) in [6.45, 7) is 0. The molecule has 0 bridgehead atoms. The van der Waals surface area contributed by atoms with Gasteiger partial charge in [-0.1, -0.05) is 11.6 Å². The molecule has 70 valence electrons. The molecular formula is C9H11ClN2O. The van der Waals surface area contributed by atoms with Crippen molar-refractivity contribution in [1.29, 1.82) is 0 Å². The molecule has 1 aromatic rings. The summed E-state index contributed by atoms with van der Waals surface area (Å²) in [5, 5.41) is 13.1. The molecule has 4 heteroatoms. The van der Waals surface area contributed by atoms with Crippen molar-refractivity contribution >= 4 is 17.3 Å². The molecule has 0 aliphatic heterocycles. The number of hydrogen-bond acceptors (Lipinski definition) is 3. The zero-order chi connectivity index (χ0) is 9.26. The fourth-order valence-electron chi connectivity index (χ4n) is 1.34. The summed E-state index contributed by atoms with van der Waals surface area (Å²) in [4.78, 5) is 3.88. The van der Waals surface area contributed by atoms with Gasteiger partial charge in [0.1, 0.15) is 0 Å². The first-order valence-electron chi connectivity index (χ1n) is 4.31. The molecule has 1 aromatic heterocycles. The summed E-state index contributed by atoms with van der Waals surface area (Å²) in [6.07, 6.45) is 4.92. The Morgan fingerprint density at radius 3 is 2.92 bits per heavy atom. The van der Waals surface area contributed by atoms with Crippen molar-refractivity contribution in [2.75, 3.05) is 5.32 Å². The largest absolute Gasteiger partial charge is 0.391 e. The fraction of sp³-hybridized carbons (Fsp3) is 0.444. The first-order chi connectivity index (χ1) is 6.27. The van der Waals surface area contributed by atoms with Crippen LogP contribution >= 0.6 is 11.6 Å². The summed E-state index contributed by atoms with van der Waals surface area (Å²) in [5.41, 5.74) is 0.848. The van der Waals surface area contributed by atoms with Crippen LogP contribution in [-0.2, 0) is 0 Å². The number of aliphatic hydroxyl groups is 1. The highest BCUT2D eigenvalue weighted by Gasteiger charge is 2.28. The van der Waals surface area contributed by atoms with Crippen molar-refractivity contribution in [2.45, 2.75) is 25.0 Å². The molecule has 1 heterocycles. The van der Waals surface area contributed by atoms with Gasteiger partial charge in [0.25, 0.3) is 0 Å². The monoisotopic (exact) mass is 198 g/mol.